The number of carbonyl (C=O) groups is 2. The number of hydrogen-bond acceptors (Lipinski definition) is 7. The Balaban J connectivity index is 1.66. The van der Waals surface area contributed by atoms with Gasteiger partial charge in [-0.3, -0.25) is 14.5 Å². The van der Waals surface area contributed by atoms with Crippen molar-refractivity contribution in [2.24, 2.45) is 0 Å². The van der Waals surface area contributed by atoms with Gasteiger partial charge in [-0.2, -0.15) is 9.99 Å². The Morgan fingerprint density at radius 2 is 1.95 bits per heavy atom. The van der Waals surface area contributed by atoms with E-state index >= 15 is 0 Å². The molecule has 1 unspecified atom stereocenters. The monoisotopic (exact) mass is 634 g/mol. The van der Waals surface area contributed by atoms with Crippen molar-refractivity contribution in [3.8, 4) is 6.07 Å². The largest absolute Gasteiger partial charge is 0.619 e. The van der Waals surface area contributed by atoms with Crippen molar-refractivity contribution < 1.29 is 35.9 Å². The van der Waals surface area contributed by atoms with Gasteiger partial charge in [0.15, 0.2) is 5.82 Å². The highest BCUT2D eigenvalue weighted by Gasteiger charge is 2.50. The highest BCUT2D eigenvalue weighted by Crippen LogP contribution is 2.40. The van der Waals surface area contributed by atoms with E-state index in [2.05, 4.69) is 10.3 Å². The molecule has 3 heterocycles. The molecule has 0 bridgehead atoms. The molecular formula is C27H22ClF3N6O5S. The number of rotatable bonds is 7. The van der Waals surface area contributed by atoms with Gasteiger partial charge in [-0.15, -0.1) is 0 Å². The fourth-order valence-corrected chi connectivity index (χ4v) is 7.07. The lowest BCUT2D eigenvalue weighted by atomic mass is 9.87. The zero-order chi connectivity index (χ0) is 31.1. The first-order valence-electron chi connectivity index (χ1n) is 12.8. The van der Waals surface area contributed by atoms with Crippen molar-refractivity contribution >= 4 is 44.9 Å². The molecule has 0 radical (unpaired) electrons. The molecule has 1 saturated heterocycles. The minimum absolute atomic E-state index is 0.000169. The molecule has 2 fully saturated rings. The number of benzene rings is 1. The van der Waals surface area contributed by atoms with Gasteiger partial charge >= 0.3 is 0 Å². The summed E-state index contributed by atoms with van der Waals surface area (Å²) in [4.78, 5) is 33.0. The zero-order valence-corrected chi connectivity index (χ0v) is 23.6. The molecule has 2 atom stereocenters. The van der Waals surface area contributed by atoms with Crippen molar-refractivity contribution in [1.29, 1.82) is 5.26 Å². The van der Waals surface area contributed by atoms with Crippen LogP contribution in [0.3, 0.4) is 0 Å². The molecule has 2 aliphatic rings. The average molecular weight is 635 g/mol. The maximum Gasteiger partial charge on any atom is 0.252 e. The van der Waals surface area contributed by atoms with Crippen LogP contribution < -0.4 is 19.3 Å². The highest BCUT2D eigenvalue weighted by molar-refractivity contribution is 7.93. The number of anilines is 2. The van der Waals surface area contributed by atoms with Gasteiger partial charge in [-0.1, -0.05) is 29.8 Å². The fourth-order valence-electron chi connectivity index (χ4n) is 5.14. The Bertz CT molecular complexity index is 1730. The van der Waals surface area contributed by atoms with E-state index in [1.807, 2.05) is 6.07 Å². The molecule has 1 aliphatic heterocycles. The summed E-state index contributed by atoms with van der Waals surface area (Å²) in [7, 11) is -4.17. The van der Waals surface area contributed by atoms with E-state index in [4.69, 9.17) is 11.6 Å². The number of alkyl halides is 2. The van der Waals surface area contributed by atoms with Crippen LogP contribution >= 0.6 is 11.6 Å². The van der Waals surface area contributed by atoms with Crippen LogP contribution in [0.1, 0.15) is 36.4 Å². The zero-order valence-electron chi connectivity index (χ0n) is 22.0. The molecule has 1 aliphatic carbocycles. The lowest BCUT2D eigenvalue weighted by Crippen LogP contribution is -2.56. The predicted molar refractivity (Wildman–Crippen MR) is 147 cm³/mol. The molecule has 1 aromatic carbocycles. The number of halogens is 4. The normalized spacial score (nSPS) is 19.6. The summed E-state index contributed by atoms with van der Waals surface area (Å²) in [6.07, 6.45) is 0.946. The van der Waals surface area contributed by atoms with Crippen molar-refractivity contribution in [1.82, 2.24) is 10.3 Å². The van der Waals surface area contributed by atoms with Gasteiger partial charge < -0.3 is 10.5 Å². The van der Waals surface area contributed by atoms with Crippen LogP contribution in [0.15, 0.2) is 61.1 Å². The molecule has 3 aromatic rings. The number of carbonyl (C=O) groups excluding carboxylic acids is 2. The topological polar surface area (TPSA) is 150 Å². The van der Waals surface area contributed by atoms with Crippen LogP contribution in [-0.2, 0) is 19.6 Å². The Kier molecular flexibility index (Phi) is 7.93. The van der Waals surface area contributed by atoms with Crippen molar-refractivity contribution in [3.63, 3.8) is 0 Å². The molecule has 2 aromatic heterocycles. The van der Waals surface area contributed by atoms with E-state index < -0.39 is 76.0 Å². The maximum atomic E-state index is 14.6. The minimum Gasteiger partial charge on any atom is -0.619 e. The van der Waals surface area contributed by atoms with Gasteiger partial charge in [-0.05, 0) is 24.6 Å². The van der Waals surface area contributed by atoms with E-state index in [1.54, 1.807) is 0 Å². The van der Waals surface area contributed by atoms with Crippen LogP contribution in [0.5, 0.6) is 0 Å². The molecular weight excluding hydrogens is 613 g/mol. The summed E-state index contributed by atoms with van der Waals surface area (Å²) in [5.74, 6) is -6.87. The number of sulfonamides is 1. The number of amides is 2. The first-order valence-corrected chi connectivity index (χ1v) is 14.8. The Hall–Kier alpha value is -4.42. The molecule has 0 spiro atoms. The van der Waals surface area contributed by atoms with Crippen LogP contribution in [0.2, 0.25) is 5.02 Å². The second kappa shape index (κ2) is 11.3. The fraction of sp³-hybridized carbons (Fsp3) is 0.296. The number of nitrogens with zero attached hydrogens (tertiary/aromatic N) is 5. The molecule has 43 heavy (non-hydrogen) atoms. The summed E-state index contributed by atoms with van der Waals surface area (Å²) in [6.45, 7) is 0. The Labute approximate surface area is 248 Å². The Morgan fingerprint density at radius 1 is 1.23 bits per heavy atom. The molecule has 224 valence electrons. The van der Waals surface area contributed by atoms with E-state index in [0.29, 0.717) is 10.5 Å². The van der Waals surface area contributed by atoms with E-state index in [-0.39, 0.29) is 33.1 Å². The summed E-state index contributed by atoms with van der Waals surface area (Å²) >= 11 is 6.43. The third kappa shape index (κ3) is 6.06. The van der Waals surface area contributed by atoms with Crippen LogP contribution in [-0.4, -0.2) is 49.0 Å². The second-order valence-electron chi connectivity index (χ2n) is 10.1. The number of pyridine rings is 2. The van der Waals surface area contributed by atoms with E-state index in [0.717, 1.165) is 23.2 Å². The Morgan fingerprint density at radius 3 is 2.60 bits per heavy atom. The summed E-state index contributed by atoms with van der Waals surface area (Å²) in [6, 6.07) is 6.70. The van der Waals surface area contributed by atoms with E-state index in [9.17, 15) is 41.6 Å². The molecule has 1 N–H and O–H groups in total. The van der Waals surface area contributed by atoms with Gasteiger partial charge in [0.25, 0.3) is 11.8 Å². The standard InChI is InChI=1S/C27H22ClF3N6O5S/c28-21-4-2-1-3-20(21)24(25(38)34-18-11-27(30,31)12-18)36(19-10-17(29)14-35(40)15-19)26(39)22-6-8-43(41,42)37(22)23-9-16(13-32)5-7-33-23/h1-5,7,9-10,14-15,18,22,24H,6,8,11-12H2,(H,34,38)/t22-,24?/m0/s1. The summed E-state index contributed by atoms with van der Waals surface area (Å²) < 4.78 is 68.9. The van der Waals surface area contributed by atoms with Gasteiger partial charge in [0.1, 0.15) is 23.6 Å². The molecule has 1 saturated carbocycles. The van der Waals surface area contributed by atoms with Crippen LogP contribution in [0.4, 0.5) is 24.7 Å². The molecule has 16 heteroatoms. The molecule has 5 rings (SSSR count). The average Bonchev–Trinajstić information content (AvgIpc) is 3.25. The number of aromatic nitrogens is 2. The van der Waals surface area contributed by atoms with Crippen molar-refractivity contribution in [2.75, 3.05) is 15.0 Å². The third-order valence-electron chi connectivity index (χ3n) is 7.07. The number of nitrogens with one attached hydrogen (secondary N) is 1. The second-order valence-corrected chi connectivity index (χ2v) is 12.5. The van der Waals surface area contributed by atoms with Crippen LogP contribution in [0, 0.1) is 22.4 Å². The van der Waals surface area contributed by atoms with Gasteiger partial charge in [0.2, 0.25) is 28.3 Å². The lowest BCUT2D eigenvalue weighted by molar-refractivity contribution is -0.606. The maximum absolute atomic E-state index is 14.6. The smallest absolute Gasteiger partial charge is 0.252 e. The van der Waals surface area contributed by atoms with Crippen molar-refractivity contribution in [2.45, 2.75) is 43.3 Å². The van der Waals surface area contributed by atoms with Gasteiger partial charge in [-0.25, -0.2) is 30.9 Å². The quantitative estimate of drug-likeness (QED) is 0.310. The number of hydrogen-bond donors (Lipinski definition) is 1. The summed E-state index contributed by atoms with van der Waals surface area (Å²) in [5, 5.41) is 24.1. The first kappa shape index (κ1) is 30.1. The number of nitriles is 1. The van der Waals surface area contributed by atoms with E-state index in [1.165, 1.54) is 36.5 Å². The first-order chi connectivity index (χ1) is 20.3. The van der Waals surface area contributed by atoms with Crippen LogP contribution in [0.25, 0.3) is 0 Å². The third-order valence-corrected chi connectivity index (χ3v) is 9.21. The predicted octanol–water partition coefficient (Wildman–Crippen LogP) is 2.98. The minimum atomic E-state index is -4.17. The van der Waals surface area contributed by atoms with Crippen molar-refractivity contribution in [3.05, 3.63) is 88.2 Å². The van der Waals surface area contributed by atoms with Gasteiger partial charge in [0.05, 0.1) is 17.4 Å². The lowest BCUT2D eigenvalue weighted by Gasteiger charge is -2.39. The van der Waals surface area contributed by atoms with Gasteiger partial charge in [0, 0.05) is 41.7 Å². The molecule has 2 amide bonds. The summed E-state index contributed by atoms with van der Waals surface area (Å²) in [5.41, 5.74) is -0.375. The SMILES string of the molecule is N#Cc1ccnc(N2[C@H](C(=O)N(c3cc(F)c[n+]([O-])c3)C(C(=O)NC3CC(F)(F)C3)c3ccccc3Cl)CCS2(=O)=O)c1. The highest BCUT2D eigenvalue weighted by atomic mass is 35.5. The molecule has 11 nitrogen and oxygen atoms in total.